The number of hydrogen-bond donors (Lipinski definition) is 1. The topological polar surface area (TPSA) is 92.6 Å². The molecule has 0 aliphatic carbocycles. The summed E-state index contributed by atoms with van der Waals surface area (Å²) < 4.78 is 20.9. The van der Waals surface area contributed by atoms with Gasteiger partial charge in [0, 0.05) is 11.8 Å². The van der Waals surface area contributed by atoms with Crippen molar-refractivity contribution in [1.82, 2.24) is 9.97 Å². The second-order valence-electron chi connectivity index (χ2n) is 7.24. The molecule has 3 heterocycles. The molecule has 0 bridgehead atoms. The summed E-state index contributed by atoms with van der Waals surface area (Å²) in [5.74, 6) is -2.34. The van der Waals surface area contributed by atoms with Crippen LogP contribution in [-0.4, -0.2) is 33.9 Å². The highest BCUT2D eigenvalue weighted by atomic mass is 32.1. The van der Waals surface area contributed by atoms with Crippen LogP contribution in [0.5, 0.6) is 5.75 Å². The molecule has 1 atom stereocenters. The van der Waals surface area contributed by atoms with E-state index < -0.39 is 29.3 Å². The summed E-state index contributed by atoms with van der Waals surface area (Å²) in [6.45, 7) is 0. The number of thiazole rings is 1. The molecule has 1 N–H and O–H groups in total. The number of halogens is 1. The van der Waals surface area contributed by atoms with Crippen molar-refractivity contribution in [2.24, 2.45) is 0 Å². The summed E-state index contributed by atoms with van der Waals surface area (Å²) in [5, 5.41) is 11.2. The van der Waals surface area contributed by atoms with Gasteiger partial charge in [0.1, 0.15) is 23.3 Å². The first kappa shape index (κ1) is 20.8. The quantitative estimate of drug-likeness (QED) is 0.274. The number of anilines is 1. The number of nitrogens with zero attached hydrogens (tertiary/aromatic N) is 3. The summed E-state index contributed by atoms with van der Waals surface area (Å²) in [6, 6.07) is 14.6. The zero-order valence-electron chi connectivity index (χ0n) is 17.2. The number of pyridine rings is 1. The van der Waals surface area contributed by atoms with Crippen LogP contribution in [0.4, 0.5) is 9.52 Å². The molecule has 1 unspecified atom stereocenters. The first-order valence-electron chi connectivity index (χ1n) is 9.91. The van der Waals surface area contributed by atoms with E-state index in [-0.39, 0.29) is 22.0 Å². The van der Waals surface area contributed by atoms with Gasteiger partial charge < -0.3 is 9.84 Å². The van der Waals surface area contributed by atoms with Gasteiger partial charge >= 0.3 is 5.91 Å². The van der Waals surface area contributed by atoms with Crippen LogP contribution < -0.4 is 9.64 Å². The van der Waals surface area contributed by atoms with E-state index in [1.54, 1.807) is 36.4 Å². The van der Waals surface area contributed by atoms with E-state index in [4.69, 9.17) is 4.74 Å². The third kappa shape index (κ3) is 3.42. The molecule has 1 saturated heterocycles. The van der Waals surface area contributed by atoms with Gasteiger partial charge in [0.15, 0.2) is 10.9 Å². The maximum absolute atomic E-state index is 14.9. The van der Waals surface area contributed by atoms with Crippen molar-refractivity contribution in [2.45, 2.75) is 6.04 Å². The van der Waals surface area contributed by atoms with Crippen molar-refractivity contribution in [3.05, 3.63) is 89.5 Å². The van der Waals surface area contributed by atoms with Crippen LogP contribution in [0.1, 0.15) is 17.3 Å². The maximum Gasteiger partial charge on any atom is 0.301 e. The van der Waals surface area contributed by atoms with Gasteiger partial charge in [-0.2, -0.15) is 0 Å². The average molecular weight is 461 g/mol. The predicted molar refractivity (Wildman–Crippen MR) is 122 cm³/mol. The minimum atomic E-state index is -1.21. The van der Waals surface area contributed by atoms with E-state index in [9.17, 15) is 19.1 Å². The van der Waals surface area contributed by atoms with E-state index in [1.807, 2.05) is 0 Å². The number of aromatic nitrogens is 2. The Labute approximate surface area is 191 Å². The molecule has 7 nitrogen and oxygen atoms in total. The minimum absolute atomic E-state index is 0.0611. The van der Waals surface area contributed by atoms with E-state index in [2.05, 4.69) is 9.97 Å². The number of rotatable bonds is 4. The molecule has 33 heavy (non-hydrogen) atoms. The maximum atomic E-state index is 14.9. The third-order valence-corrected chi connectivity index (χ3v) is 6.36. The van der Waals surface area contributed by atoms with E-state index in [0.29, 0.717) is 11.3 Å². The van der Waals surface area contributed by atoms with Crippen LogP contribution in [0.15, 0.2) is 72.4 Å². The number of aliphatic hydroxyl groups is 1. The molecular formula is C24H16FN3O4S. The number of hydrogen-bond acceptors (Lipinski definition) is 7. The summed E-state index contributed by atoms with van der Waals surface area (Å²) in [7, 11) is 1.54. The molecule has 0 spiro atoms. The monoisotopic (exact) mass is 461 g/mol. The van der Waals surface area contributed by atoms with Gasteiger partial charge in [0.25, 0.3) is 5.78 Å². The number of fused-ring (bicyclic) bond motifs is 1. The van der Waals surface area contributed by atoms with Crippen LogP contribution in [0, 0.1) is 5.82 Å². The highest BCUT2D eigenvalue weighted by Crippen LogP contribution is 2.45. The Balaban J connectivity index is 1.74. The Morgan fingerprint density at radius 1 is 1.12 bits per heavy atom. The second-order valence-corrected chi connectivity index (χ2v) is 8.24. The molecule has 2 aromatic carbocycles. The highest BCUT2D eigenvalue weighted by Gasteiger charge is 2.49. The average Bonchev–Trinajstić information content (AvgIpc) is 3.37. The van der Waals surface area contributed by atoms with Crippen molar-refractivity contribution in [2.75, 3.05) is 12.0 Å². The predicted octanol–water partition coefficient (Wildman–Crippen LogP) is 4.47. The van der Waals surface area contributed by atoms with E-state index >= 15 is 0 Å². The molecule has 2 aromatic heterocycles. The summed E-state index contributed by atoms with van der Waals surface area (Å²) in [5.41, 5.74) is 0.507. The summed E-state index contributed by atoms with van der Waals surface area (Å²) >= 11 is 1.16. The molecule has 1 amide bonds. The summed E-state index contributed by atoms with van der Waals surface area (Å²) in [4.78, 5) is 36.0. The Bertz CT molecular complexity index is 1430. The first-order valence-corrected chi connectivity index (χ1v) is 10.7. The van der Waals surface area contributed by atoms with Crippen LogP contribution >= 0.6 is 11.3 Å². The fourth-order valence-corrected chi connectivity index (χ4v) is 4.81. The lowest BCUT2D eigenvalue weighted by molar-refractivity contribution is -0.132. The Morgan fingerprint density at radius 3 is 2.64 bits per heavy atom. The minimum Gasteiger partial charge on any atom is -0.505 e. The Morgan fingerprint density at radius 2 is 1.91 bits per heavy atom. The van der Waals surface area contributed by atoms with Crippen molar-refractivity contribution >= 4 is 44.1 Å². The number of carbonyl (C=O) groups is 2. The van der Waals surface area contributed by atoms with Gasteiger partial charge in [0.05, 0.1) is 22.9 Å². The van der Waals surface area contributed by atoms with Gasteiger partial charge in [-0.1, -0.05) is 35.6 Å². The van der Waals surface area contributed by atoms with Gasteiger partial charge in [-0.05, 0) is 36.4 Å². The number of methoxy groups -OCH3 is 1. The Kier molecular flexibility index (Phi) is 5.10. The van der Waals surface area contributed by atoms with Crippen molar-refractivity contribution in [1.29, 1.82) is 0 Å². The van der Waals surface area contributed by atoms with Gasteiger partial charge in [-0.25, -0.2) is 9.37 Å². The van der Waals surface area contributed by atoms with E-state index in [0.717, 1.165) is 20.9 Å². The number of ketones is 1. The molecule has 1 aliphatic rings. The molecule has 4 aromatic rings. The normalized spacial score (nSPS) is 17.6. The zero-order valence-corrected chi connectivity index (χ0v) is 18.0. The van der Waals surface area contributed by atoms with Crippen LogP contribution in [0.25, 0.3) is 16.0 Å². The number of benzene rings is 2. The van der Waals surface area contributed by atoms with Crippen LogP contribution in [0.2, 0.25) is 0 Å². The standard InChI is InChI=1S/C24H16FN3O4S/c1-32-13-9-10-16-18(12-13)33-24(27-16)28-20(14-6-2-3-7-15(14)25)19(22(30)23(28)31)21(29)17-8-4-5-11-26-17/h2-12,20,29H,1H3. The van der Waals surface area contributed by atoms with Gasteiger partial charge in [-0.3, -0.25) is 19.5 Å². The van der Waals surface area contributed by atoms with Gasteiger partial charge in [0.2, 0.25) is 0 Å². The molecular weight excluding hydrogens is 445 g/mol. The molecule has 9 heteroatoms. The highest BCUT2D eigenvalue weighted by molar-refractivity contribution is 7.22. The molecule has 0 saturated carbocycles. The SMILES string of the molecule is COc1ccc2nc(N3C(=O)C(=O)C(=C(O)c4ccccn4)C3c3ccccc3F)sc2c1. The number of Topliss-reactive ketones (excluding diaryl/α,β-unsaturated/α-hetero) is 1. The number of ether oxygens (including phenoxy) is 1. The number of carbonyl (C=O) groups excluding carboxylic acids is 2. The summed E-state index contributed by atoms with van der Waals surface area (Å²) in [6.07, 6.45) is 1.45. The zero-order chi connectivity index (χ0) is 23.1. The van der Waals surface area contributed by atoms with Crippen LogP contribution in [0.3, 0.4) is 0 Å². The molecule has 0 radical (unpaired) electrons. The van der Waals surface area contributed by atoms with Crippen molar-refractivity contribution in [3.63, 3.8) is 0 Å². The Hall–Kier alpha value is -4.11. The molecule has 1 aliphatic heterocycles. The molecule has 1 fully saturated rings. The number of amides is 1. The largest absolute Gasteiger partial charge is 0.505 e. The van der Waals surface area contributed by atoms with Crippen LogP contribution in [-0.2, 0) is 9.59 Å². The van der Waals surface area contributed by atoms with E-state index in [1.165, 1.54) is 37.6 Å². The molecule has 5 rings (SSSR count). The van der Waals surface area contributed by atoms with Gasteiger partial charge in [-0.15, -0.1) is 0 Å². The first-order chi connectivity index (χ1) is 16.0. The lowest BCUT2D eigenvalue weighted by atomic mass is 9.96. The molecule has 164 valence electrons. The smallest absolute Gasteiger partial charge is 0.301 e. The lowest BCUT2D eigenvalue weighted by Crippen LogP contribution is -2.29. The third-order valence-electron chi connectivity index (χ3n) is 5.34. The number of aliphatic hydroxyl groups excluding tert-OH is 1. The van der Waals surface area contributed by atoms with Crippen molar-refractivity contribution < 1.29 is 23.8 Å². The van der Waals surface area contributed by atoms with Crippen molar-refractivity contribution in [3.8, 4) is 5.75 Å². The lowest BCUT2D eigenvalue weighted by Gasteiger charge is -2.23. The fourth-order valence-electron chi connectivity index (χ4n) is 3.78. The fraction of sp³-hybridized carbons (Fsp3) is 0.0833. The second kappa shape index (κ2) is 8.10.